The number of carbonyl (C=O) groups excluding carboxylic acids is 1. The molecule has 2 aromatic carbocycles. The molecule has 0 aliphatic carbocycles. The van der Waals surface area contributed by atoms with Crippen LogP contribution in [0, 0.1) is 0 Å². The molecule has 0 spiro atoms. The van der Waals surface area contributed by atoms with Crippen LogP contribution in [-0.4, -0.2) is 50.9 Å². The van der Waals surface area contributed by atoms with E-state index in [-0.39, 0.29) is 11.7 Å². The van der Waals surface area contributed by atoms with Crippen molar-refractivity contribution >= 4 is 29.3 Å². The molecule has 9 heteroatoms. The molecule has 28 heavy (non-hydrogen) atoms. The Bertz CT molecular complexity index is 932. The fourth-order valence-electron chi connectivity index (χ4n) is 2.54. The number of halogens is 1. The van der Waals surface area contributed by atoms with Gasteiger partial charge >= 0.3 is 0 Å². The Morgan fingerprint density at radius 3 is 2.71 bits per heavy atom. The molecule has 0 unspecified atom stereocenters. The third-order valence-electron chi connectivity index (χ3n) is 4.05. The molecule has 3 rings (SSSR count). The van der Waals surface area contributed by atoms with Gasteiger partial charge in [0.05, 0.1) is 19.4 Å². The predicted octanol–water partition coefficient (Wildman–Crippen LogP) is 3.13. The van der Waals surface area contributed by atoms with E-state index in [1.807, 2.05) is 48.5 Å². The first kappa shape index (κ1) is 20.2. The average Bonchev–Trinajstić information content (AvgIpc) is 3.13. The van der Waals surface area contributed by atoms with E-state index in [4.69, 9.17) is 16.3 Å². The fourth-order valence-corrected chi connectivity index (χ4v) is 3.57. The van der Waals surface area contributed by atoms with E-state index >= 15 is 0 Å². The summed E-state index contributed by atoms with van der Waals surface area (Å²) in [7, 11) is 3.40. The maximum Gasteiger partial charge on any atom is 0.233 e. The van der Waals surface area contributed by atoms with Crippen LogP contribution < -0.4 is 4.74 Å². The van der Waals surface area contributed by atoms with Crippen LogP contribution >= 0.6 is 23.4 Å². The Morgan fingerprint density at radius 2 is 2.00 bits per heavy atom. The number of ether oxygens (including phenoxy) is 1. The van der Waals surface area contributed by atoms with Gasteiger partial charge in [-0.15, -0.1) is 5.10 Å². The van der Waals surface area contributed by atoms with Crippen LogP contribution in [0.1, 0.15) is 11.1 Å². The number of amides is 1. The summed E-state index contributed by atoms with van der Waals surface area (Å²) >= 11 is 7.31. The smallest absolute Gasteiger partial charge is 0.233 e. The van der Waals surface area contributed by atoms with Crippen LogP contribution in [-0.2, 0) is 17.9 Å². The molecular weight excluding hydrogens is 398 g/mol. The number of rotatable bonds is 8. The van der Waals surface area contributed by atoms with Crippen molar-refractivity contribution < 1.29 is 9.53 Å². The molecule has 146 valence electrons. The first-order valence-electron chi connectivity index (χ1n) is 8.55. The molecule has 0 fully saturated rings. The molecule has 1 aromatic heterocycles. The van der Waals surface area contributed by atoms with Crippen molar-refractivity contribution in [2.45, 2.75) is 18.2 Å². The summed E-state index contributed by atoms with van der Waals surface area (Å²) in [6, 6.07) is 15.2. The lowest BCUT2D eigenvalue weighted by Crippen LogP contribution is -2.27. The largest absolute Gasteiger partial charge is 0.497 e. The molecule has 0 radical (unpaired) electrons. The predicted molar refractivity (Wildman–Crippen MR) is 109 cm³/mol. The third kappa shape index (κ3) is 5.46. The molecule has 0 bridgehead atoms. The summed E-state index contributed by atoms with van der Waals surface area (Å²) < 4.78 is 6.84. The normalized spacial score (nSPS) is 10.7. The van der Waals surface area contributed by atoms with Gasteiger partial charge < -0.3 is 9.64 Å². The summed E-state index contributed by atoms with van der Waals surface area (Å²) in [5.74, 6) is 1.03. The van der Waals surface area contributed by atoms with Gasteiger partial charge in [-0.1, -0.05) is 47.6 Å². The molecule has 1 amide bonds. The van der Waals surface area contributed by atoms with E-state index in [1.165, 1.54) is 11.8 Å². The summed E-state index contributed by atoms with van der Waals surface area (Å²) in [6.45, 7) is 1.02. The van der Waals surface area contributed by atoms with Gasteiger partial charge in [-0.25, -0.2) is 4.68 Å². The number of carbonyl (C=O) groups is 1. The maximum atomic E-state index is 12.4. The Morgan fingerprint density at radius 1 is 1.21 bits per heavy atom. The summed E-state index contributed by atoms with van der Waals surface area (Å²) in [4.78, 5) is 14.1. The minimum Gasteiger partial charge on any atom is -0.497 e. The number of hydrogen-bond donors (Lipinski definition) is 0. The quantitative estimate of drug-likeness (QED) is 0.524. The van der Waals surface area contributed by atoms with E-state index in [0.29, 0.717) is 23.3 Å². The van der Waals surface area contributed by atoms with Crippen molar-refractivity contribution in [2.75, 3.05) is 19.9 Å². The highest BCUT2D eigenvalue weighted by Crippen LogP contribution is 2.18. The average molecular weight is 418 g/mol. The molecule has 3 aromatic rings. The highest BCUT2D eigenvalue weighted by Gasteiger charge is 2.14. The Labute approximate surface area is 172 Å². The number of methoxy groups -OCH3 is 1. The third-order valence-corrected chi connectivity index (χ3v) is 5.23. The van der Waals surface area contributed by atoms with Gasteiger partial charge in [-0.2, -0.15) is 0 Å². The van der Waals surface area contributed by atoms with E-state index in [0.717, 1.165) is 16.9 Å². The second kappa shape index (κ2) is 9.57. The number of hydrogen-bond acceptors (Lipinski definition) is 6. The highest BCUT2D eigenvalue weighted by atomic mass is 35.5. The lowest BCUT2D eigenvalue weighted by Gasteiger charge is -2.17. The lowest BCUT2D eigenvalue weighted by molar-refractivity contribution is -0.127. The maximum absolute atomic E-state index is 12.4. The zero-order valence-electron chi connectivity index (χ0n) is 15.6. The molecule has 0 N–H and O–H groups in total. The summed E-state index contributed by atoms with van der Waals surface area (Å²) in [5.41, 5.74) is 2.03. The lowest BCUT2D eigenvalue weighted by atomic mass is 10.2. The second-order valence-electron chi connectivity index (χ2n) is 6.14. The van der Waals surface area contributed by atoms with Crippen LogP contribution in [0.4, 0.5) is 0 Å². The Kier molecular flexibility index (Phi) is 6.89. The molecular formula is C19H20ClN5O2S. The van der Waals surface area contributed by atoms with Crippen molar-refractivity contribution in [2.24, 2.45) is 0 Å². The minimum absolute atomic E-state index is 0.0102. The number of benzene rings is 2. The van der Waals surface area contributed by atoms with Gasteiger partial charge in [-0.05, 0) is 45.8 Å². The molecule has 1 heterocycles. The number of aromatic nitrogens is 4. The molecule has 0 aliphatic rings. The molecule has 0 saturated carbocycles. The van der Waals surface area contributed by atoms with Gasteiger partial charge in [0.1, 0.15) is 5.75 Å². The van der Waals surface area contributed by atoms with Gasteiger partial charge in [0.2, 0.25) is 11.1 Å². The number of thioether (sulfide) groups is 1. The topological polar surface area (TPSA) is 73.1 Å². The summed E-state index contributed by atoms with van der Waals surface area (Å²) in [6.07, 6.45) is 0. The van der Waals surface area contributed by atoms with Crippen LogP contribution in [0.5, 0.6) is 5.75 Å². The van der Waals surface area contributed by atoms with Gasteiger partial charge in [-0.3, -0.25) is 4.79 Å². The van der Waals surface area contributed by atoms with Gasteiger partial charge in [0.25, 0.3) is 0 Å². The molecule has 0 saturated heterocycles. The highest BCUT2D eigenvalue weighted by molar-refractivity contribution is 7.99. The first-order chi connectivity index (χ1) is 13.5. The van der Waals surface area contributed by atoms with Crippen molar-refractivity contribution in [1.29, 1.82) is 0 Å². The fraction of sp³-hybridized carbons (Fsp3) is 0.263. The second-order valence-corrected chi connectivity index (χ2v) is 7.51. The zero-order valence-corrected chi connectivity index (χ0v) is 17.2. The SMILES string of the molecule is COc1ccc(Cn2nnnc2SCC(=O)N(C)Cc2cccc(Cl)c2)cc1. The van der Waals surface area contributed by atoms with Gasteiger partial charge in [0, 0.05) is 18.6 Å². The van der Waals surface area contributed by atoms with Crippen molar-refractivity contribution in [3.05, 3.63) is 64.7 Å². The van der Waals surface area contributed by atoms with Crippen molar-refractivity contribution in [3.8, 4) is 5.75 Å². The summed E-state index contributed by atoms with van der Waals surface area (Å²) in [5, 5.41) is 13.0. The monoisotopic (exact) mass is 417 g/mol. The molecule has 0 aliphatic heterocycles. The van der Waals surface area contributed by atoms with Crippen LogP contribution in [0.2, 0.25) is 5.02 Å². The minimum atomic E-state index is -0.0102. The van der Waals surface area contributed by atoms with Crippen LogP contribution in [0.15, 0.2) is 53.7 Å². The standard InChI is InChI=1S/C19H20ClN5O2S/c1-24(11-15-4-3-5-16(20)10-15)18(26)13-28-19-21-22-23-25(19)12-14-6-8-17(27-2)9-7-14/h3-10H,11-13H2,1-2H3. The zero-order chi connectivity index (χ0) is 19.9. The van der Waals surface area contributed by atoms with Crippen molar-refractivity contribution in [3.63, 3.8) is 0 Å². The van der Waals surface area contributed by atoms with E-state index in [1.54, 1.807) is 23.7 Å². The first-order valence-corrected chi connectivity index (χ1v) is 9.92. The Balaban J connectivity index is 1.55. The van der Waals surface area contributed by atoms with E-state index in [9.17, 15) is 4.79 Å². The van der Waals surface area contributed by atoms with Crippen molar-refractivity contribution in [1.82, 2.24) is 25.1 Å². The molecule has 0 atom stereocenters. The van der Waals surface area contributed by atoms with Crippen LogP contribution in [0.25, 0.3) is 0 Å². The van der Waals surface area contributed by atoms with Gasteiger partial charge in [0.15, 0.2) is 0 Å². The van der Waals surface area contributed by atoms with Crippen LogP contribution in [0.3, 0.4) is 0 Å². The Hall–Kier alpha value is -2.58. The van der Waals surface area contributed by atoms with E-state index < -0.39 is 0 Å². The molecule has 7 nitrogen and oxygen atoms in total. The number of tetrazole rings is 1. The number of nitrogens with zero attached hydrogens (tertiary/aromatic N) is 5. The van der Waals surface area contributed by atoms with E-state index in [2.05, 4.69) is 15.5 Å².